The van der Waals surface area contributed by atoms with Crippen molar-refractivity contribution in [2.24, 2.45) is 0 Å². The summed E-state index contributed by atoms with van der Waals surface area (Å²) in [6.45, 7) is 2.13. The molecule has 0 saturated heterocycles. The molecule has 0 radical (unpaired) electrons. The van der Waals surface area contributed by atoms with E-state index in [1.165, 1.54) is 10.4 Å². The SMILES string of the molecule is CCc1ccccc1C(O)CCc1cccs1. The van der Waals surface area contributed by atoms with E-state index >= 15 is 0 Å². The van der Waals surface area contributed by atoms with Gasteiger partial charge in [0.05, 0.1) is 6.10 Å². The fourth-order valence-corrected chi connectivity index (χ4v) is 2.80. The Morgan fingerprint density at radius 1 is 1.18 bits per heavy atom. The lowest BCUT2D eigenvalue weighted by atomic mass is 9.97. The van der Waals surface area contributed by atoms with Crippen molar-refractivity contribution in [3.63, 3.8) is 0 Å². The van der Waals surface area contributed by atoms with E-state index in [0.29, 0.717) is 0 Å². The molecule has 0 spiro atoms. The predicted molar refractivity (Wildman–Crippen MR) is 73.4 cm³/mol. The standard InChI is InChI=1S/C15H18OS/c1-2-12-6-3-4-8-14(12)15(16)10-9-13-7-5-11-17-13/h3-8,11,15-16H,2,9-10H2,1H3. The second kappa shape index (κ2) is 5.99. The van der Waals surface area contributed by atoms with Crippen LogP contribution in [0.15, 0.2) is 41.8 Å². The molecule has 90 valence electrons. The zero-order chi connectivity index (χ0) is 12.1. The number of thiophene rings is 1. The third-order valence-corrected chi connectivity index (χ3v) is 3.98. The van der Waals surface area contributed by atoms with Crippen LogP contribution in [0.5, 0.6) is 0 Å². The lowest BCUT2D eigenvalue weighted by Crippen LogP contribution is -2.02. The Labute approximate surface area is 107 Å². The van der Waals surface area contributed by atoms with Gasteiger partial charge in [-0.2, -0.15) is 0 Å². The monoisotopic (exact) mass is 246 g/mol. The molecule has 1 atom stereocenters. The molecule has 1 N–H and O–H groups in total. The van der Waals surface area contributed by atoms with E-state index in [4.69, 9.17) is 0 Å². The van der Waals surface area contributed by atoms with Crippen LogP contribution in [-0.2, 0) is 12.8 Å². The first-order valence-corrected chi connectivity index (χ1v) is 6.97. The Balaban J connectivity index is 2.01. The summed E-state index contributed by atoms with van der Waals surface area (Å²) in [6.07, 6.45) is 2.40. The molecule has 1 aromatic carbocycles. The van der Waals surface area contributed by atoms with Gasteiger partial charge in [-0.1, -0.05) is 37.3 Å². The van der Waals surface area contributed by atoms with E-state index in [9.17, 15) is 5.11 Å². The van der Waals surface area contributed by atoms with Gasteiger partial charge < -0.3 is 5.11 Å². The fourth-order valence-electron chi connectivity index (χ4n) is 2.07. The van der Waals surface area contributed by atoms with Crippen molar-refractivity contribution >= 4 is 11.3 Å². The molecule has 2 rings (SSSR count). The van der Waals surface area contributed by atoms with Gasteiger partial charge >= 0.3 is 0 Å². The Kier molecular flexibility index (Phi) is 4.35. The van der Waals surface area contributed by atoms with Gasteiger partial charge in [0.15, 0.2) is 0 Å². The third-order valence-electron chi connectivity index (χ3n) is 3.04. The maximum absolute atomic E-state index is 10.2. The summed E-state index contributed by atoms with van der Waals surface area (Å²) in [5.41, 5.74) is 2.35. The Hall–Kier alpha value is -1.12. The number of aliphatic hydroxyl groups is 1. The van der Waals surface area contributed by atoms with Crippen LogP contribution in [0.1, 0.15) is 35.5 Å². The normalized spacial score (nSPS) is 12.6. The van der Waals surface area contributed by atoms with Crippen LogP contribution in [0.25, 0.3) is 0 Å². The molecule has 0 saturated carbocycles. The van der Waals surface area contributed by atoms with E-state index in [1.54, 1.807) is 11.3 Å². The lowest BCUT2D eigenvalue weighted by Gasteiger charge is -2.14. The number of hydrogen-bond donors (Lipinski definition) is 1. The number of aryl methyl sites for hydroxylation is 2. The quantitative estimate of drug-likeness (QED) is 0.846. The topological polar surface area (TPSA) is 20.2 Å². The molecule has 2 heteroatoms. The maximum atomic E-state index is 10.2. The number of aliphatic hydroxyl groups excluding tert-OH is 1. The van der Waals surface area contributed by atoms with E-state index in [2.05, 4.69) is 30.5 Å². The van der Waals surface area contributed by atoms with Gasteiger partial charge in [-0.3, -0.25) is 0 Å². The molecule has 1 aromatic heterocycles. The van der Waals surface area contributed by atoms with Gasteiger partial charge in [0.1, 0.15) is 0 Å². The zero-order valence-electron chi connectivity index (χ0n) is 10.1. The average Bonchev–Trinajstić information content (AvgIpc) is 2.89. The molecule has 1 heterocycles. The molecule has 1 unspecified atom stereocenters. The van der Waals surface area contributed by atoms with Crippen LogP contribution in [0.3, 0.4) is 0 Å². The smallest absolute Gasteiger partial charge is 0.0796 e. The van der Waals surface area contributed by atoms with Crippen molar-refractivity contribution in [1.29, 1.82) is 0 Å². The number of benzene rings is 1. The summed E-state index contributed by atoms with van der Waals surface area (Å²) >= 11 is 1.76. The molecule has 2 aromatic rings. The lowest BCUT2D eigenvalue weighted by molar-refractivity contribution is 0.167. The van der Waals surface area contributed by atoms with Crippen molar-refractivity contribution in [2.45, 2.75) is 32.3 Å². The van der Waals surface area contributed by atoms with Gasteiger partial charge in [0, 0.05) is 4.88 Å². The highest BCUT2D eigenvalue weighted by atomic mass is 32.1. The molecule has 17 heavy (non-hydrogen) atoms. The predicted octanol–water partition coefficient (Wildman–Crippen LogP) is 3.98. The highest BCUT2D eigenvalue weighted by Gasteiger charge is 2.11. The van der Waals surface area contributed by atoms with Crippen LogP contribution >= 0.6 is 11.3 Å². The molecule has 0 bridgehead atoms. The highest BCUT2D eigenvalue weighted by Crippen LogP contribution is 2.24. The Morgan fingerprint density at radius 3 is 2.71 bits per heavy atom. The van der Waals surface area contributed by atoms with Crippen LogP contribution in [-0.4, -0.2) is 5.11 Å². The number of rotatable bonds is 5. The minimum Gasteiger partial charge on any atom is -0.388 e. The third kappa shape index (κ3) is 3.18. The Morgan fingerprint density at radius 2 is 2.00 bits per heavy atom. The first-order valence-electron chi connectivity index (χ1n) is 6.09. The van der Waals surface area contributed by atoms with Crippen molar-refractivity contribution < 1.29 is 5.11 Å². The van der Waals surface area contributed by atoms with Gasteiger partial charge in [0.2, 0.25) is 0 Å². The zero-order valence-corrected chi connectivity index (χ0v) is 10.9. The van der Waals surface area contributed by atoms with Crippen LogP contribution in [0.4, 0.5) is 0 Å². The van der Waals surface area contributed by atoms with Crippen molar-refractivity contribution in [3.8, 4) is 0 Å². The second-order valence-electron chi connectivity index (χ2n) is 4.19. The van der Waals surface area contributed by atoms with E-state index in [0.717, 1.165) is 24.8 Å². The van der Waals surface area contributed by atoms with Gasteiger partial charge in [0.25, 0.3) is 0 Å². The molecular weight excluding hydrogens is 228 g/mol. The van der Waals surface area contributed by atoms with Gasteiger partial charge in [-0.05, 0) is 41.8 Å². The summed E-state index contributed by atoms with van der Waals surface area (Å²) in [5.74, 6) is 0. The van der Waals surface area contributed by atoms with E-state index in [1.807, 2.05) is 18.2 Å². The van der Waals surface area contributed by atoms with Gasteiger partial charge in [-0.15, -0.1) is 11.3 Å². The highest BCUT2D eigenvalue weighted by molar-refractivity contribution is 7.09. The largest absolute Gasteiger partial charge is 0.388 e. The molecule has 0 fully saturated rings. The summed E-state index contributed by atoms with van der Waals surface area (Å²) in [6, 6.07) is 12.4. The van der Waals surface area contributed by atoms with E-state index in [-0.39, 0.29) is 6.10 Å². The van der Waals surface area contributed by atoms with Crippen LogP contribution in [0, 0.1) is 0 Å². The maximum Gasteiger partial charge on any atom is 0.0796 e. The summed E-state index contributed by atoms with van der Waals surface area (Å²) in [7, 11) is 0. The summed E-state index contributed by atoms with van der Waals surface area (Å²) in [5, 5.41) is 12.3. The first-order chi connectivity index (χ1) is 8.31. The van der Waals surface area contributed by atoms with Crippen LogP contribution < -0.4 is 0 Å². The minimum absolute atomic E-state index is 0.340. The summed E-state index contributed by atoms with van der Waals surface area (Å²) in [4.78, 5) is 1.35. The van der Waals surface area contributed by atoms with Crippen molar-refractivity contribution in [1.82, 2.24) is 0 Å². The molecule has 0 amide bonds. The summed E-state index contributed by atoms with van der Waals surface area (Å²) < 4.78 is 0. The van der Waals surface area contributed by atoms with E-state index < -0.39 is 0 Å². The van der Waals surface area contributed by atoms with Gasteiger partial charge in [-0.25, -0.2) is 0 Å². The first kappa shape index (κ1) is 12.3. The van der Waals surface area contributed by atoms with Crippen molar-refractivity contribution in [3.05, 3.63) is 57.8 Å². The molecule has 0 aliphatic rings. The molecule has 0 aliphatic carbocycles. The van der Waals surface area contributed by atoms with Crippen molar-refractivity contribution in [2.75, 3.05) is 0 Å². The second-order valence-corrected chi connectivity index (χ2v) is 5.22. The van der Waals surface area contributed by atoms with Crippen LogP contribution in [0.2, 0.25) is 0 Å². The number of hydrogen-bond acceptors (Lipinski definition) is 2. The fraction of sp³-hybridized carbons (Fsp3) is 0.333. The molecule has 1 nitrogen and oxygen atoms in total. The minimum atomic E-state index is -0.340. The molecule has 0 aliphatic heterocycles. The average molecular weight is 246 g/mol. The Bertz CT molecular complexity index is 448. The molecular formula is C15H18OS.